The normalized spacial score (nSPS) is 28.7. The third-order valence-corrected chi connectivity index (χ3v) is 5.16. The summed E-state index contributed by atoms with van der Waals surface area (Å²) >= 11 is 0. The van der Waals surface area contributed by atoms with Crippen molar-refractivity contribution >= 4 is 5.97 Å². The summed E-state index contributed by atoms with van der Waals surface area (Å²) in [6, 6.07) is 2.55. The highest BCUT2D eigenvalue weighted by atomic mass is 16.7. The van der Waals surface area contributed by atoms with Gasteiger partial charge in [-0.3, -0.25) is 0 Å². The van der Waals surface area contributed by atoms with Gasteiger partial charge < -0.3 is 40.1 Å². The van der Waals surface area contributed by atoms with Crippen LogP contribution in [0.25, 0.3) is 0 Å². The lowest BCUT2D eigenvalue weighted by atomic mass is 9.94. The van der Waals surface area contributed by atoms with E-state index in [1.807, 2.05) is 13.8 Å². The molecule has 1 heterocycles. The number of hydrogen-bond donors (Lipinski definition) is 6. The number of aliphatic hydroxyl groups is 4. The molecule has 1 aliphatic rings. The first-order valence-electron chi connectivity index (χ1n) is 9.25. The summed E-state index contributed by atoms with van der Waals surface area (Å²) in [6.07, 6.45) is -4.09. The lowest BCUT2D eigenvalue weighted by molar-refractivity contribution is -0.312. The van der Waals surface area contributed by atoms with Gasteiger partial charge in [-0.05, 0) is 30.4 Å². The van der Waals surface area contributed by atoms with Crippen LogP contribution in [0.3, 0.4) is 0 Å². The quantitative estimate of drug-likeness (QED) is 0.364. The van der Waals surface area contributed by atoms with E-state index in [0.29, 0.717) is 24.3 Å². The van der Waals surface area contributed by atoms with Crippen molar-refractivity contribution in [1.29, 1.82) is 0 Å². The minimum atomic E-state index is -1.72. The summed E-state index contributed by atoms with van der Waals surface area (Å²) in [6.45, 7) is 3.48. The molecule has 9 heteroatoms. The number of carboxylic acids is 1. The average molecular weight is 400 g/mol. The van der Waals surface area contributed by atoms with E-state index in [9.17, 15) is 35.4 Å². The largest absolute Gasteiger partial charge is 0.507 e. The Bertz CT molecular complexity index is 678. The summed E-state index contributed by atoms with van der Waals surface area (Å²) < 4.78 is 10.7. The van der Waals surface area contributed by atoms with Crippen molar-refractivity contribution in [2.24, 2.45) is 11.8 Å². The topological polar surface area (TPSA) is 157 Å². The van der Waals surface area contributed by atoms with Crippen LogP contribution in [-0.2, 0) is 11.2 Å². The molecular weight excluding hydrogens is 372 g/mol. The van der Waals surface area contributed by atoms with Crippen molar-refractivity contribution in [2.45, 2.75) is 57.9 Å². The van der Waals surface area contributed by atoms with Gasteiger partial charge in [0.05, 0.1) is 18.6 Å². The van der Waals surface area contributed by atoms with E-state index in [1.54, 1.807) is 0 Å². The number of benzene rings is 1. The highest BCUT2D eigenvalue weighted by molar-refractivity contribution is 5.92. The van der Waals surface area contributed by atoms with Gasteiger partial charge in [0.1, 0.15) is 23.2 Å². The van der Waals surface area contributed by atoms with Crippen LogP contribution in [0.2, 0.25) is 0 Å². The molecule has 0 saturated carbocycles. The van der Waals surface area contributed by atoms with Crippen molar-refractivity contribution < 1.29 is 44.9 Å². The second-order valence-corrected chi connectivity index (χ2v) is 7.17. The van der Waals surface area contributed by atoms with Crippen LogP contribution in [0, 0.1) is 11.8 Å². The van der Waals surface area contributed by atoms with Crippen molar-refractivity contribution in [3.8, 4) is 11.5 Å². The molecule has 6 atom stereocenters. The summed E-state index contributed by atoms with van der Waals surface area (Å²) in [5.74, 6) is -2.38. The molecule has 0 aliphatic carbocycles. The molecule has 0 aromatic heterocycles. The van der Waals surface area contributed by atoms with E-state index in [1.165, 1.54) is 6.07 Å². The monoisotopic (exact) mass is 400 g/mol. The van der Waals surface area contributed by atoms with Crippen LogP contribution in [-0.4, -0.2) is 68.0 Å². The number of rotatable bonds is 8. The molecule has 28 heavy (non-hydrogen) atoms. The van der Waals surface area contributed by atoms with Crippen LogP contribution in [0.5, 0.6) is 11.5 Å². The van der Waals surface area contributed by atoms with E-state index in [-0.39, 0.29) is 11.3 Å². The van der Waals surface area contributed by atoms with Crippen LogP contribution >= 0.6 is 0 Å². The molecule has 1 aromatic rings. The fourth-order valence-electron chi connectivity index (χ4n) is 3.12. The maximum atomic E-state index is 11.5. The highest BCUT2D eigenvalue weighted by Crippen LogP contribution is 2.33. The molecule has 1 aliphatic heterocycles. The Morgan fingerprint density at radius 2 is 1.93 bits per heavy atom. The van der Waals surface area contributed by atoms with Gasteiger partial charge >= 0.3 is 5.97 Å². The van der Waals surface area contributed by atoms with Gasteiger partial charge in [-0.1, -0.05) is 20.3 Å². The molecule has 1 saturated heterocycles. The fraction of sp³-hybridized carbons (Fsp3) is 0.632. The summed E-state index contributed by atoms with van der Waals surface area (Å²) in [7, 11) is 0. The molecule has 0 amide bonds. The molecule has 1 fully saturated rings. The van der Waals surface area contributed by atoms with Gasteiger partial charge in [0.15, 0.2) is 6.29 Å². The van der Waals surface area contributed by atoms with Gasteiger partial charge in [0.25, 0.3) is 0 Å². The summed E-state index contributed by atoms with van der Waals surface area (Å²) in [5, 5.41) is 58.4. The number of aliphatic hydroxyl groups excluding tert-OH is 4. The Kier molecular flexibility index (Phi) is 7.62. The summed E-state index contributed by atoms with van der Waals surface area (Å²) in [4.78, 5) is 11.5. The number of aromatic hydroxyl groups is 1. The molecule has 0 radical (unpaired) electrons. The number of phenols is 1. The maximum Gasteiger partial charge on any atom is 0.339 e. The Labute approximate surface area is 162 Å². The van der Waals surface area contributed by atoms with Crippen LogP contribution in [0.15, 0.2) is 12.1 Å². The van der Waals surface area contributed by atoms with Crippen LogP contribution < -0.4 is 4.74 Å². The number of aromatic carboxylic acids is 1. The minimum Gasteiger partial charge on any atom is -0.507 e. The van der Waals surface area contributed by atoms with E-state index in [2.05, 4.69) is 0 Å². The van der Waals surface area contributed by atoms with Crippen LogP contribution in [0.1, 0.15) is 42.6 Å². The molecule has 2 rings (SSSR count). The van der Waals surface area contributed by atoms with Crippen molar-refractivity contribution in [3.63, 3.8) is 0 Å². The number of aryl methyl sites for hydroxylation is 1. The number of carboxylic acid groups (broad SMARTS) is 1. The number of ether oxygens (including phenoxy) is 2. The van der Waals surface area contributed by atoms with E-state index >= 15 is 0 Å². The maximum absolute atomic E-state index is 11.5. The lowest BCUT2D eigenvalue weighted by Gasteiger charge is -2.39. The Hall–Kier alpha value is -1.91. The minimum absolute atomic E-state index is 0.0564. The molecule has 0 spiro atoms. The Morgan fingerprint density at radius 1 is 1.25 bits per heavy atom. The second kappa shape index (κ2) is 9.53. The SMILES string of the molecule is CCC(C)CCc1cc(OC2O[C@H](O)[C@@H](O)[C@H](O)[C@H]2CO)cc(O)c1C(=O)O. The van der Waals surface area contributed by atoms with Gasteiger partial charge in [-0.25, -0.2) is 4.79 Å². The van der Waals surface area contributed by atoms with Crippen molar-refractivity contribution in [3.05, 3.63) is 23.3 Å². The third-order valence-electron chi connectivity index (χ3n) is 5.16. The summed E-state index contributed by atoms with van der Waals surface area (Å²) in [5.41, 5.74) is 0.162. The van der Waals surface area contributed by atoms with Gasteiger partial charge in [-0.2, -0.15) is 0 Å². The van der Waals surface area contributed by atoms with Gasteiger partial charge in [-0.15, -0.1) is 0 Å². The zero-order chi connectivity index (χ0) is 21.0. The van der Waals surface area contributed by atoms with E-state index < -0.39 is 49.0 Å². The third kappa shape index (κ3) is 4.92. The second-order valence-electron chi connectivity index (χ2n) is 7.17. The highest BCUT2D eigenvalue weighted by Gasteiger charge is 2.45. The molecule has 2 unspecified atom stereocenters. The van der Waals surface area contributed by atoms with Crippen molar-refractivity contribution in [2.75, 3.05) is 6.61 Å². The Morgan fingerprint density at radius 3 is 2.50 bits per heavy atom. The molecule has 0 bridgehead atoms. The smallest absolute Gasteiger partial charge is 0.339 e. The fourth-order valence-corrected chi connectivity index (χ4v) is 3.12. The number of carbonyl (C=O) groups is 1. The average Bonchev–Trinajstić information content (AvgIpc) is 2.63. The molecule has 158 valence electrons. The van der Waals surface area contributed by atoms with Crippen LogP contribution in [0.4, 0.5) is 0 Å². The lowest BCUT2D eigenvalue weighted by Crippen LogP contribution is -2.57. The van der Waals surface area contributed by atoms with E-state index in [4.69, 9.17) is 9.47 Å². The van der Waals surface area contributed by atoms with Crippen molar-refractivity contribution in [1.82, 2.24) is 0 Å². The first-order valence-corrected chi connectivity index (χ1v) is 9.25. The zero-order valence-electron chi connectivity index (χ0n) is 15.9. The molecular formula is C19H28O9. The molecule has 9 nitrogen and oxygen atoms in total. The first-order chi connectivity index (χ1) is 13.2. The first kappa shape index (κ1) is 22.4. The Balaban J connectivity index is 2.29. The predicted molar refractivity (Wildman–Crippen MR) is 96.9 cm³/mol. The molecule has 6 N–H and O–H groups in total. The zero-order valence-corrected chi connectivity index (χ0v) is 15.9. The van der Waals surface area contributed by atoms with E-state index in [0.717, 1.165) is 12.5 Å². The molecule has 1 aromatic carbocycles. The predicted octanol–water partition coefficient (Wildman–Crippen LogP) is 0.453. The number of hydrogen-bond acceptors (Lipinski definition) is 8. The van der Waals surface area contributed by atoms with Gasteiger partial charge in [0.2, 0.25) is 6.29 Å². The standard InChI is InChI=1S/C19H28O9/c1-3-9(2)4-5-10-6-11(7-13(21)14(10)17(24)25)27-19-12(8-20)15(22)16(23)18(26)28-19/h6-7,9,12,15-16,18-23,26H,3-5,8H2,1-2H3,(H,24,25)/t9?,12-,15-,16+,18+,19?/m1/s1. The van der Waals surface area contributed by atoms with Gasteiger partial charge in [0, 0.05) is 6.07 Å².